The number of anilines is 1. The molecule has 1 aliphatic heterocycles. The summed E-state index contributed by atoms with van der Waals surface area (Å²) in [5, 5.41) is 6.28. The predicted molar refractivity (Wildman–Crippen MR) is 123 cm³/mol. The van der Waals surface area contributed by atoms with Gasteiger partial charge in [-0.05, 0) is 74.7 Å². The van der Waals surface area contributed by atoms with E-state index in [0.717, 1.165) is 42.6 Å². The number of para-hydroxylation sites is 2. The molecule has 0 bridgehead atoms. The Bertz CT molecular complexity index is 712. The standard InChI is InChI=1S/C22H31N3OS2/c1-26-21-12-5-4-11-20(21)23-22(27)25(18-19-10-8-17-28-19)16-9-15-24-13-6-2-3-7-14-24/h4-5,8,10-12,17H,2-3,6-7,9,13-16,18H2,1H3,(H,23,27). The van der Waals surface area contributed by atoms with Gasteiger partial charge in [-0.15, -0.1) is 11.3 Å². The predicted octanol–water partition coefficient (Wildman–Crippen LogP) is 5.22. The number of benzene rings is 1. The van der Waals surface area contributed by atoms with E-state index >= 15 is 0 Å². The lowest BCUT2D eigenvalue weighted by molar-refractivity contribution is 0.266. The summed E-state index contributed by atoms with van der Waals surface area (Å²) in [6.07, 6.45) is 6.57. The summed E-state index contributed by atoms with van der Waals surface area (Å²) in [5.41, 5.74) is 0.915. The number of thiophene rings is 1. The summed E-state index contributed by atoms with van der Waals surface area (Å²) in [6, 6.07) is 12.2. The van der Waals surface area contributed by atoms with Gasteiger partial charge in [-0.3, -0.25) is 0 Å². The van der Waals surface area contributed by atoms with E-state index in [1.54, 1.807) is 18.4 Å². The molecule has 6 heteroatoms. The first-order chi connectivity index (χ1) is 13.8. The normalized spacial score (nSPS) is 15.0. The van der Waals surface area contributed by atoms with Crippen LogP contribution >= 0.6 is 23.6 Å². The molecule has 3 rings (SSSR count). The van der Waals surface area contributed by atoms with Crippen molar-refractivity contribution in [3.63, 3.8) is 0 Å². The van der Waals surface area contributed by atoms with Crippen molar-refractivity contribution in [1.82, 2.24) is 9.80 Å². The van der Waals surface area contributed by atoms with Crippen LogP contribution in [0, 0.1) is 0 Å². The van der Waals surface area contributed by atoms with Gasteiger partial charge in [0.05, 0.1) is 19.3 Å². The van der Waals surface area contributed by atoms with Crippen LogP contribution in [0.5, 0.6) is 5.75 Å². The molecule has 1 saturated heterocycles. The summed E-state index contributed by atoms with van der Waals surface area (Å²) < 4.78 is 5.46. The van der Waals surface area contributed by atoms with Gasteiger partial charge in [0.2, 0.25) is 0 Å². The van der Waals surface area contributed by atoms with Crippen molar-refractivity contribution in [2.24, 2.45) is 0 Å². The minimum Gasteiger partial charge on any atom is -0.495 e. The van der Waals surface area contributed by atoms with Crippen molar-refractivity contribution in [3.05, 3.63) is 46.7 Å². The van der Waals surface area contributed by atoms with Gasteiger partial charge in [-0.1, -0.05) is 31.0 Å². The number of likely N-dealkylation sites (tertiary alicyclic amines) is 1. The van der Waals surface area contributed by atoms with Gasteiger partial charge in [-0.25, -0.2) is 0 Å². The Kier molecular flexibility index (Phi) is 8.58. The van der Waals surface area contributed by atoms with E-state index in [0.29, 0.717) is 0 Å². The molecule has 0 saturated carbocycles. The third-order valence-electron chi connectivity index (χ3n) is 5.16. The Balaban J connectivity index is 1.59. The highest BCUT2D eigenvalue weighted by Gasteiger charge is 2.15. The monoisotopic (exact) mass is 417 g/mol. The minimum atomic E-state index is 0.758. The number of nitrogens with zero attached hydrogens (tertiary/aromatic N) is 2. The number of methoxy groups -OCH3 is 1. The molecule has 0 radical (unpaired) electrons. The van der Waals surface area contributed by atoms with E-state index in [-0.39, 0.29) is 0 Å². The highest BCUT2D eigenvalue weighted by Crippen LogP contribution is 2.24. The summed E-state index contributed by atoms with van der Waals surface area (Å²) in [6.45, 7) is 5.44. The fourth-order valence-corrected chi connectivity index (χ4v) is 4.62. The Morgan fingerprint density at radius 1 is 1.14 bits per heavy atom. The third kappa shape index (κ3) is 6.47. The van der Waals surface area contributed by atoms with Gasteiger partial charge in [-0.2, -0.15) is 0 Å². The Morgan fingerprint density at radius 2 is 1.93 bits per heavy atom. The molecule has 1 fully saturated rings. The maximum absolute atomic E-state index is 5.78. The molecule has 0 aliphatic carbocycles. The number of hydrogen-bond donors (Lipinski definition) is 1. The molecule has 152 valence electrons. The van der Waals surface area contributed by atoms with E-state index in [1.165, 1.54) is 43.6 Å². The molecular formula is C22H31N3OS2. The summed E-state index contributed by atoms with van der Waals surface area (Å²) in [7, 11) is 1.69. The molecule has 1 aromatic carbocycles. The van der Waals surface area contributed by atoms with Crippen LogP contribution in [0.25, 0.3) is 0 Å². The molecule has 0 unspecified atom stereocenters. The second kappa shape index (κ2) is 11.4. The first kappa shape index (κ1) is 21.1. The maximum atomic E-state index is 5.78. The number of thiocarbonyl (C=S) groups is 1. The zero-order chi connectivity index (χ0) is 19.6. The van der Waals surface area contributed by atoms with E-state index in [2.05, 4.69) is 32.6 Å². The number of rotatable bonds is 8. The van der Waals surface area contributed by atoms with E-state index in [4.69, 9.17) is 17.0 Å². The smallest absolute Gasteiger partial charge is 0.173 e. The van der Waals surface area contributed by atoms with Crippen LogP contribution in [0.1, 0.15) is 37.0 Å². The van der Waals surface area contributed by atoms with Crippen LogP contribution in [-0.2, 0) is 6.54 Å². The molecule has 0 spiro atoms. The lowest BCUT2D eigenvalue weighted by Gasteiger charge is -2.27. The third-order valence-corrected chi connectivity index (χ3v) is 6.39. The van der Waals surface area contributed by atoms with Gasteiger partial charge >= 0.3 is 0 Å². The fourth-order valence-electron chi connectivity index (χ4n) is 3.63. The molecule has 2 heterocycles. The van der Waals surface area contributed by atoms with E-state index < -0.39 is 0 Å². The Hall–Kier alpha value is -1.63. The van der Waals surface area contributed by atoms with Crippen LogP contribution in [0.15, 0.2) is 41.8 Å². The first-order valence-electron chi connectivity index (χ1n) is 10.2. The second-order valence-corrected chi connectivity index (χ2v) is 8.66. The number of hydrogen-bond acceptors (Lipinski definition) is 4. The van der Waals surface area contributed by atoms with Crippen molar-refractivity contribution in [3.8, 4) is 5.75 Å². The molecule has 1 N–H and O–H groups in total. The van der Waals surface area contributed by atoms with Crippen LogP contribution in [0.3, 0.4) is 0 Å². The zero-order valence-corrected chi connectivity index (χ0v) is 18.4. The van der Waals surface area contributed by atoms with Crippen molar-refractivity contribution in [1.29, 1.82) is 0 Å². The Morgan fingerprint density at radius 3 is 2.64 bits per heavy atom. The highest BCUT2D eigenvalue weighted by molar-refractivity contribution is 7.80. The number of nitrogens with one attached hydrogen (secondary N) is 1. The molecule has 4 nitrogen and oxygen atoms in total. The van der Waals surface area contributed by atoms with Crippen LogP contribution < -0.4 is 10.1 Å². The fraction of sp³-hybridized carbons (Fsp3) is 0.500. The highest BCUT2D eigenvalue weighted by atomic mass is 32.1. The van der Waals surface area contributed by atoms with Crippen molar-refractivity contribution in [2.75, 3.05) is 38.6 Å². The quantitative estimate of drug-likeness (QED) is 0.594. The van der Waals surface area contributed by atoms with Crippen LogP contribution in [0.4, 0.5) is 5.69 Å². The molecule has 28 heavy (non-hydrogen) atoms. The van der Waals surface area contributed by atoms with Crippen LogP contribution in [0.2, 0.25) is 0 Å². The average molecular weight is 418 g/mol. The molecule has 1 aliphatic rings. The zero-order valence-electron chi connectivity index (χ0n) is 16.7. The first-order valence-corrected chi connectivity index (χ1v) is 11.5. The van der Waals surface area contributed by atoms with Gasteiger partial charge in [0, 0.05) is 11.4 Å². The molecule has 1 aromatic heterocycles. The summed E-state index contributed by atoms with van der Waals surface area (Å²) >= 11 is 7.56. The molecular weight excluding hydrogens is 386 g/mol. The van der Waals surface area contributed by atoms with E-state index in [1.807, 2.05) is 24.3 Å². The van der Waals surface area contributed by atoms with Gasteiger partial charge in [0.15, 0.2) is 5.11 Å². The SMILES string of the molecule is COc1ccccc1NC(=S)N(CCCN1CCCCCC1)Cc1cccs1. The van der Waals surface area contributed by atoms with Gasteiger partial charge in [0.1, 0.15) is 5.75 Å². The minimum absolute atomic E-state index is 0.758. The maximum Gasteiger partial charge on any atom is 0.173 e. The summed E-state index contributed by atoms with van der Waals surface area (Å²) in [5.74, 6) is 0.811. The number of ether oxygens (including phenoxy) is 1. The molecule has 0 atom stereocenters. The van der Waals surface area contributed by atoms with Crippen molar-refractivity contribution in [2.45, 2.75) is 38.6 Å². The van der Waals surface area contributed by atoms with Gasteiger partial charge in [0.25, 0.3) is 0 Å². The topological polar surface area (TPSA) is 27.7 Å². The molecule has 2 aromatic rings. The van der Waals surface area contributed by atoms with Crippen LogP contribution in [-0.4, -0.2) is 48.2 Å². The lowest BCUT2D eigenvalue weighted by Crippen LogP contribution is -2.36. The second-order valence-electron chi connectivity index (χ2n) is 7.24. The van der Waals surface area contributed by atoms with E-state index in [9.17, 15) is 0 Å². The molecule has 0 amide bonds. The van der Waals surface area contributed by atoms with Crippen molar-refractivity contribution >= 4 is 34.4 Å². The van der Waals surface area contributed by atoms with Crippen molar-refractivity contribution < 1.29 is 4.74 Å². The Labute approximate surface area is 178 Å². The van der Waals surface area contributed by atoms with Gasteiger partial charge < -0.3 is 19.9 Å². The lowest BCUT2D eigenvalue weighted by atomic mass is 10.2. The summed E-state index contributed by atoms with van der Waals surface area (Å²) in [4.78, 5) is 6.23. The largest absolute Gasteiger partial charge is 0.495 e. The average Bonchev–Trinajstić information content (AvgIpc) is 3.09.